The number of ether oxygens (including phenoxy) is 3. The van der Waals surface area contributed by atoms with Crippen molar-refractivity contribution in [1.29, 1.82) is 0 Å². The minimum atomic E-state index is -0.782. The Hall–Kier alpha value is -3.79. The molecule has 2 aromatic rings. The standard InChI is InChI=1S/C21H18N2O7S/c1-28-15-7-8-16(29-2)12(9-15)10-17-19(24)18(21(25)30-3)20(31-17)22-13-5-4-6-14(11-13)23(26)27/h4-11,24H,1-3H3/b17-10+,22-20?. The van der Waals surface area contributed by atoms with E-state index in [9.17, 15) is 20.0 Å². The van der Waals surface area contributed by atoms with Gasteiger partial charge in [0.05, 0.1) is 36.8 Å². The Labute approximate surface area is 181 Å². The van der Waals surface area contributed by atoms with Crippen LogP contribution in [0.5, 0.6) is 11.5 Å². The molecule has 0 fully saturated rings. The van der Waals surface area contributed by atoms with Crippen LogP contribution in [-0.4, -0.2) is 42.4 Å². The third kappa shape index (κ3) is 4.69. The lowest BCUT2D eigenvalue weighted by Gasteiger charge is -2.08. The summed E-state index contributed by atoms with van der Waals surface area (Å²) in [5.74, 6) is 0.0178. The van der Waals surface area contributed by atoms with E-state index in [1.54, 1.807) is 30.3 Å². The molecule has 2 aromatic carbocycles. The van der Waals surface area contributed by atoms with Gasteiger partial charge in [-0.2, -0.15) is 0 Å². The molecule has 0 saturated heterocycles. The van der Waals surface area contributed by atoms with Crippen LogP contribution in [0.25, 0.3) is 6.08 Å². The Bertz CT molecular complexity index is 1140. The van der Waals surface area contributed by atoms with Crippen molar-refractivity contribution in [1.82, 2.24) is 0 Å². The van der Waals surface area contributed by atoms with Crippen molar-refractivity contribution in [3.8, 4) is 11.5 Å². The van der Waals surface area contributed by atoms with E-state index in [4.69, 9.17) is 14.2 Å². The second-order valence-electron chi connectivity index (χ2n) is 6.13. The van der Waals surface area contributed by atoms with E-state index in [-0.39, 0.29) is 27.8 Å². The molecule has 1 aliphatic rings. The van der Waals surface area contributed by atoms with E-state index in [0.717, 1.165) is 11.8 Å². The summed E-state index contributed by atoms with van der Waals surface area (Å²) in [6.07, 6.45) is 1.63. The summed E-state index contributed by atoms with van der Waals surface area (Å²) in [4.78, 5) is 27.5. The number of hydrogen-bond donors (Lipinski definition) is 1. The fourth-order valence-corrected chi connectivity index (χ4v) is 3.80. The molecular weight excluding hydrogens is 424 g/mol. The number of aliphatic hydroxyl groups is 1. The molecule has 0 amide bonds. The number of rotatable bonds is 6. The van der Waals surface area contributed by atoms with Crippen molar-refractivity contribution in [3.63, 3.8) is 0 Å². The average Bonchev–Trinajstić information content (AvgIpc) is 3.07. The highest BCUT2D eigenvalue weighted by Crippen LogP contribution is 2.41. The van der Waals surface area contributed by atoms with Crippen molar-refractivity contribution >= 4 is 40.2 Å². The van der Waals surface area contributed by atoms with Crippen molar-refractivity contribution in [3.05, 3.63) is 74.4 Å². The Morgan fingerprint density at radius 3 is 2.58 bits per heavy atom. The average molecular weight is 442 g/mol. The lowest BCUT2D eigenvalue weighted by atomic mass is 10.1. The third-order valence-corrected chi connectivity index (χ3v) is 5.29. The van der Waals surface area contributed by atoms with Crippen LogP contribution in [0.4, 0.5) is 11.4 Å². The van der Waals surface area contributed by atoms with Crippen LogP contribution < -0.4 is 9.47 Å². The normalized spacial score (nSPS) is 16.0. The van der Waals surface area contributed by atoms with E-state index in [0.29, 0.717) is 22.0 Å². The number of nitro groups is 1. The molecule has 3 rings (SSSR count). The van der Waals surface area contributed by atoms with Gasteiger partial charge in [-0.25, -0.2) is 9.79 Å². The number of aliphatic hydroxyl groups excluding tert-OH is 1. The van der Waals surface area contributed by atoms with Gasteiger partial charge in [-0.05, 0) is 30.3 Å². The molecule has 0 unspecified atom stereocenters. The molecule has 0 spiro atoms. The number of methoxy groups -OCH3 is 3. The maximum atomic E-state index is 12.3. The zero-order valence-corrected chi connectivity index (χ0v) is 17.6. The highest BCUT2D eigenvalue weighted by molar-refractivity contribution is 8.18. The summed E-state index contributed by atoms with van der Waals surface area (Å²) in [6, 6.07) is 10.8. The SMILES string of the molecule is COC(=O)C1=C(O)/C(=C\c2cc(OC)ccc2OC)SC1=Nc1cccc([N+](=O)[O-])c1. The van der Waals surface area contributed by atoms with Gasteiger partial charge in [0.1, 0.15) is 27.9 Å². The van der Waals surface area contributed by atoms with Crippen LogP contribution in [0.3, 0.4) is 0 Å². The number of carbonyl (C=O) groups is 1. The molecule has 0 atom stereocenters. The highest BCUT2D eigenvalue weighted by atomic mass is 32.2. The first-order valence-electron chi connectivity index (χ1n) is 8.85. The van der Waals surface area contributed by atoms with Crippen LogP contribution in [0.2, 0.25) is 0 Å². The van der Waals surface area contributed by atoms with Gasteiger partial charge in [0.25, 0.3) is 5.69 Å². The molecular formula is C21H18N2O7S. The van der Waals surface area contributed by atoms with Crippen LogP contribution in [0.1, 0.15) is 5.56 Å². The van der Waals surface area contributed by atoms with Crippen molar-refractivity contribution in [2.24, 2.45) is 4.99 Å². The van der Waals surface area contributed by atoms with Gasteiger partial charge in [-0.3, -0.25) is 10.1 Å². The predicted octanol–water partition coefficient (Wildman–Crippen LogP) is 4.42. The lowest BCUT2D eigenvalue weighted by molar-refractivity contribution is -0.384. The first kappa shape index (κ1) is 21.9. The molecule has 0 saturated carbocycles. The van der Waals surface area contributed by atoms with Crippen molar-refractivity contribution < 1.29 is 29.0 Å². The molecule has 0 radical (unpaired) electrons. The van der Waals surface area contributed by atoms with Gasteiger partial charge in [-0.15, -0.1) is 0 Å². The second kappa shape index (κ2) is 9.35. The van der Waals surface area contributed by atoms with Crippen LogP contribution in [0, 0.1) is 10.1 Å². The third-order valence-electron chi connectivity index (χ3n) is 4.27. The molecule has 9 nitrogen and oxygen atoms in total. The van der Waals surface area contributed by atoms with E-state index >= 15 is 0 Å². The summed E-state index contributed by atoms with van der Waals surface area (Å²) in [5.41, 5.74) is 0.587. The van der Waals surface area contributed by atoms with Gasteiger partial charge in [0.15, 0.2) is 0 Å². The van der Waals surface area contributed by atoms with Crippen molar-refractivity contribution in [2.75, 3.05) is 21.3 Å². The molecule has 1 aliphatic heterocycles. The number of nitro benzene ring substituents is 1. The van der Waals surface area contributed by atoms with Crippen LogP contribution in [0.15, 0.2) is 63.7 Å². The van der Waals surface area contributed by atoms with Gasteiger partial charge in [0.2, 0.25) is 0 Å². The van der Waals surface area contributed by atoms with E-state index in [2.05, 4.69) is 4.99 Å². The molecule has 0 aliphatic carbocycles. The minimum absolute atomic E-state index is 0.132. The summed E-state index contributed by atoms with van der Waals surface area (Å²) >= 11 is 1.03. The molecule has 10 heteroatoms. The number of benzene rings is 2. The smallest absolute Gasteiger partial charge is 0.344 e. The Morgan fingerprint density at radius 1 is 1.16 bits per heavy atom. The van der Waals surface area contributed by atoms with Gasteiger partial charge in [-0.1, -0.05) is 17.8 Å². The largest absolute Gasteiger partial charge is 0.506 e. The highest BCUT2D eigenvalue weighted by Gasteiger charge is 2.33. The Balaban J connectivity index is 2.09. The molecule has 1 N–H and O–H groups in total. The van der Waals surface area contributed by atoms with E-state index < -0.39 is 10.9 Å². The summed E-state index contributed by atoms with van der Waals surface area (Å²) < 4.78 is 15.4. The molecule has 31 heavy (non-hydrogen) atoms. The predicted molar refractivity (Wildman–Crippen MR) is 117 cm³/mol. The molecule has 1 heterocycles. The van der Waals surface area contributed by atoms with Crippen LogP contribution >= 0.6 is 11.8 Å². The first-order valence-corrected chi connectivity index (χ1v) is 9.66. The fraction of sp³-hybridized carbons (Fsp3) is 0.143. The van der Waals surface area contributed by atoms with Gasteiger partial charge >= 0.3 is 5.97 Å². The number of hydrogen-bond acceptors (Lipinski definition) is 9. The topological polar surface area (TPSA) is 120 Å². The first-order chi connectivity index (χ1) is 14.9. The van der Waals surface area contributed by atoms with Gasteiger partial charge < -0.3 is 19.3 Å². The summed E-state index contributed by atoms with van der Waals surface area (Å²) in [6.45, 7) is 0. The Morgan fingerprint density at radius 2 is 1.94 bits per heavy atom. The molecule has 0 bridgehead atoms. The zero-order chi connectivity index (χ0) is 22.5. The summed E-state index contributed by atoms with van der Waals surface area (Å²) in [5, 5.41) is 21.9. The number of carbonyl (C=O) groups excluding carboxylic acids is 1. The maximum Gasteiger partial charge on any atom is 0.344 e. The second-order valence-corrected chi connectivity index (χ2v) is 7.16. The minimum Gasteiger partial charge on any atom is -0.506 e. The maximum absolute atomic E-state index is 12.3. The summed E-state index contributed by atoms with van der Waals surface area (Å²) in [7, 11) is 4.22. The number of nitrogens with zero attached hydrogens (tertiary/aromatic N) is 2. The molecule has 160 valence electrons. The molecule has 0 aromatic heterocycles. The van der Waals surface area contributed by atoms with E-state index in [1.807, 2.05) is 0 Å². The van der Waals surface area contributed by atoms with Crippen LogP contribution in [-0.2, 0) is 9.53 Å². The number of non-ortho nitro benzene ring substituents is 1. The Kier molecular flexibility index (Phi) is 6.61. The van der Waals surface area contributed by atoms with Gasteiger partial charge in [0, 0.05) is 17.7 Å². The fourth-order valence-electron chi connectivity index (χ4n) is 2.78. The quantitative estimate of drug-likeness (QED) is 0.397. The van der Waals surface area contributed by atoms with Crippen molar-refractivity contribution in [2.45, 2.75) is 0 Å². The number of aliphatic imine (C=N–C) groups is 1. The number of esters is 1. The lowest BCUT2D eigenvalue weighted by Crippen LogP contribution is -2.10. The van der Waals surface area contributed by atoms with E-state index in [1.165, 1.54) is 39.5 Å². The monoisotopic (exact) mass is 442 g/mol. The number of thioether (sulfide) groups is 1. The zero-order valence-electron chi connectivity index (χ0n) is 16.8.